The Balaban J connectivity index is 1.82. The van der Waals surface area contributed by atoms with E-state index < -0.39 is 0 Å². The van der Waals surface area contributed by atoms with Gasteiger partial charge in [0.25, 0.3) is 0 Å². The van der Waals surface area contributed by atoms with E-state index in [0.29, 0.717) is 34.4 Å². The van der Waals surface area contributed by atoms with Gasteiger partial charge in [-0.25, -0.2) is 4.79 Å². The third-order valence-corrected chi connectivity index (χ3v) is 4.99. The molecule has 0 bridgehead atoms. The van der Waals surface area contributed by atoms with Crippen LogP contribution in [-0.2, 0) is 13.7 Å². The van der Waals surface area contributed by atoms with Crippen molar-refractivity contribution in [2.75, 3.05) is 13.7 Å². The van der Waals surface area contributed by atoms with E-state index >= 15 is 0 Å². The molecule has 174 valence electrons. The molecule has 0 spiro atoms. The fourth-order valence-electron chi connectivity index (χ4n) is 3.20. The SMILES string of the molecule is COc1cccc(-n2nnn(C)c2=O)c1COc1ccc(C(N)=CC=NCC(C)C)cc1C. The fraction of sp³-hybridized carbons (Fsp3) is 0.333. The lowest BCUT2D eigenvalue weighted by Crippen LogP contribution is -2.23. The summed E-state index contributed by atoms with van der Waals surface area (Å²) in [6, 6.07) is 11.1. The Morgan fingerprint density at radius 1 is 1.21 bits per heavy atom. The van der Waals surface area contributed by atoms with Gasteiger partial charge in [-0.05, 0) is 70.8 Å². The molecule has 0 saturated heterocycles. The number of allylic oxidation sites excluding steroid dienone is 1. The molecular weight excluding hydrogens is 420 g/mol. The minimum Gasteiger partial charge on any atom is -0.496 e. The van der Waals surface area contributed by atoms with E-state index in [9.17, 15) is 4.79 Å². The second kappa shape index (κ2) is 10.6. The molecule has 1 aromatic heterocycles. The molecule has 0 atom stereocenters. The van der Waals surface area contributed by atoms with E-state index in [-0.39, 0.29) is 12.3 Å². The number of methoxy groups -OCH3 is 1. The summed E-state index contributed by atoms with van der Waals surface area (Å²) < 4.78 is 14.0. The Hall–Kier alpha value is -3.88. The van der Waals surface area contributed by atoms with Crippen LogP contribution in [0.5, 0.6) is 11.5 Å². The second-order valence-electron chi connectivity index (χ2n) is 8.05. The Kier molecular flexibility index (Phi) is 7.66. The fourth-order valence-corrected chi connectivity index (χ4v) is 3.20. The molecule has 0 aliphatic rings. The summed E-state index contributed by atoms with van der Waals surface area (Å²) in [6.07, 6.45) is 3.55. The van der Waals surface area contributed by atoms with E-state index in [0.717, 1.165) is 17.7 Å². The first-order chi connectivity index (χ1) is 15.8. The second-order valence-corrected chi connectivity index (χ2v) is 8.05. The number of benzene rings is 2. The molecule has 0 unspecified atom stereocenters. The van der Waals surface area contributed by atoms with Crippen LogP contribution < -0.4 is 20.9 Å². The van der Waals surface area contributed by atoms with Crippen molar-refractivity contribution in [2.24, 2.45) is 23.7 Å². The highest BCUT2D eigenvalue weighted by molar-refractivity contribution is 5.83. The Bertz CT molecular complexity index is 1220. The molecule has 1 heterocycles. The van der Waals surface area contributed by atoms with Gasteiger partial charge in [-0.2, -0.15) is 9.36 Å². The predicted molar refractivity (Wildman–Crippen MR) is 129 cm³/mol. The summed E-state index contributed by atoms with van der Waals surface area (Å²) in [4.78, 5) is 16.7. The van der Waals surface area contributed by atoms with E-state index in [1.54, 1.807) is 38.6 Å². The van der Waals surface area contributed by atoms with Gasteiger partial charge < -0.3 is 15.2 Å². The van der Waals surface area contributed by atoms with Crippen LogP contribution in [0.2, 0.25) is 0 Å². The van der Waals surface area contributed by atoms with Gasteiger partial charge in [0, 0.05) is 25.5 Å². The number of aromatic nitrogens is 4. The van der Waals surface area contributed by atoms with Crippen molar-refractivity contribution in [2.45, 2.75) is 27.4 Å². The van der Waals surface area contributed by atoms with Gasteiger partial charge in [0.15, 0.2) is 0 Å². The zero-order valence-electron chi connectivity index (χ0n) is 19.6. The standard InChI is InChI=1S/C24H30N6O3/c1-16(2)14-26-12-11-20(25)18-9-10-22(17(3)13-18)33-15-19-21(7-6-8-23(19)32-5)30-24(31)29(4)27-28-30/h6-13,16H,14-15,25H2,1-5H3. The van der Waals surface area contributed by atoms with E-state index in [4.69, 9.17) is 15.2 Å². The summed E-state index contributed by atoms with van der Waals surface area (Å²) in [5.41, 5.74) is 9.53. The van der Waals surface area contributed by atoms with Gasteiger partial charge in [-0.1, -0.05) is 19.9 Å². The monoisotopic (exact) mass is 450 g/mol. The number of ether oxygens (including phenoxy) is 2. The third kappa shape index (κ3) is 5.68. The molecule has 0 fully saturated rings. The first kappa shape index (κ1) is 23.8. The number of rotatable bonds is 9. The minimum atomic E-state index is -0.357. The van der Waals surface area contributed by atoms with Crippen LogP contribution in [0.25, 0.3) is 11.4 Å². The Morgan fingerprint density at radius 2 is 2.00 bits per heavy atom. The number of hydrogen-bond acceptors (Lipinski definition) is 7. The van der Waals surface area contributed by atoms with Gasteiger partial charge in [0.1, 0.15) is 18.1 Å². The van der Waals surface area contributed by atoms with Crippen LogP contribution in [0.15, 0.2) is 52.3 Å². The largest absolute Gasteiger partial charge is 0.496 e. The Labute approximate surface area is 193 Å². The van der Waals surface area contributed by atoms with Gasteiger partial charge in [-0.3, -0.25) is 4.99 Å². The maximum absolute atomic E-state index is 12.4. The highest BCUT2D eigenvalue weighted by atomic mass is 16.5. The molecule has 0 aliphatic carbocycles. The lowest BCUT2D eigenvalue weighted by atomic mass is 10.1. The molecule has 3 aromatic rings. The molecule has 2 aromatic carbocycles. The normalized spacial score (nSPS) is 12.0. The van der Waals surface area contributed by atoms with Crippen molar-refractivity contribution in [1.29, 1.82) is 0 Å². The number of hydrogen-bond donors (Lipinski definition) is 1. The molecule has 0 radical (unpaired) electrons. The van der Waals surface area contributed by atoms with Crippen molar-refractivity contribution in [3.63, 3.8) is 0 Å². The van der Waals surface area contributed by atoms with Gasteiger partial charge in [-0.15, -0.1) is 0 Å². The van der Waals surface area contributed by atoms with Crippen LogP contribution >= 0.6 is 0 Å². The molecule has 2 N–H and O–H groups in total. The number of tetrazole rings is 1. The van der Waals surface area contributed by atoms with Crippen molar-refractivity contribution < 1.29 is 9.47 Å². The summed E-state index contributed by atoms with van der Waals surface area (Å²) in [5.74, 6) is 1.79. The maximum Gasteiger partial charge on any atom is 0.368 e. The minimum absolute atomic E-state index is 0.176. The van der Waals surface area contributed by atoms with Crippen LogP contribution in [0.1, 0.15) is 30.5 Å². The predicted octanol–water partition coefficient (Wildman–Crippen LogP) is 2.89. The molecular formula is C24H30N6O3. The van der Waals surface area contributed by atoms with Crippen LogP contribution in [0.4, 0.5) is 0 Å². The van der Waals surface area contributed by atoms with Crippen molar-refractivity contribution >= 4 is 11.9 Å². The smallest absolute Gasteiger partial charge is 0.368 e. The number of aryl methyl sites for hydroxylation is 2. The zero-order valence-corrected chi connectivity index (χ0v) is 19.6. The molecule has 33 heavy (non-hydrogen) atoms. The quantitative estimate of drug-likeness (QED) is 0.502. The Morgan fingerprint density at radius 3 is 2.64 bits per heavy atom. The van der Waals surface area contributed by atoms with Gasteiger partial charge in [0.2, 0.25) is 0 Å². The first-order valence-electron chi connectivity index (χ1n) is 10.7. The molecule has 0 amide bonds. The molecule has 0 aliphatic heterocycles. The van der Waals surface area contributed by atoms with Crippen molar-refractivity contribution in [3.05, 3.63) is 69.6 Å². The van der Waals surface area contributed by atoms with Gasteiger partial charge >= 0.3 is 5.69 Å². The number of aliphatic imine (C=N–C) groups is 1. The summed E-state index contributed by atoms with van der Waals surface area (Å²) >= 11 is 0. The van der Waals surface area contributed by atoms with E-state index in [1.165, 1.54) is 9.36 Å². The van der Waals surface area contributed by atoms with E-state index in [1.807, 2.05) is 31.2 Å². The highest BCUT2D eigenvalue weighted by Crippen LogP contribution is 2.28. The maximum atomic E-state index is 12.4. The van der Waals surface area contributed by atoms with Gasteiger partial charge in [0.05, 0.1) is 18.4 Å². The van der Waals surface area contributed by atoms with Crippen LogP contribution in [0, 0.1) is 12.8 Å². The lowest BCUT2D eigenvalue weighted by Gasteiger charge is -2.15. The molecule has 3 rings (SSSR count). The van der Waals surface area contributed by atoms with Crippen molar-refractivity contribution in [3.8, 4) is 17.2 Å². The molecule has 9 nitrogen and oxygen atoms in total. The molecule has 0 saturated carbocycles. The number of nitrogens with zero attached hydrogens (tertiary/aromatic N) is 5. The molecule has 9 heteroatoms. The average molecular weight is 451 g/mol. The zero-order chi connectivity index (χ0) is 24.0. The highest BCUT2D eigenvalue weighted by Gasteiger charge is 2.16. The lowest BCUT2D eigenvalue weighted by molar-refractivity contribution is 0.294. The summed E-state index contributed by atoms with van der Waals surface area (Å²) in [7, 11) is 3.12. The number of nitrogens with two attached hydrogens (primary N) is 1. The van der Waals surface area contributed by atoms with Crippen LogP contribution in [0.3, 0.4) is 0 Å². The first-order valence-corrected chi connectivity index (χ1v) is 10.7. The third-order valence-electron chi connectivity index (χ3n) is 4.99. The summed E-state index contributed by atoms with van der Waals surface area (Å²) in [5, 5.41) is 7.73. The van der Waals surface area contributed by atoms with E-state index in [2.05, 4.69) is 29.3 Å². The van der Waals surface area contributed by atoms with Crippen molar-refractivity contribution in [1.82, 2.24) is 19.8 Å². The summed E-state index contributed by atoms with van der Waals surface area (Å²) in [6.45, 7) is 7.13. The van der Waals surface area contributed by atoms with Crippen LogP contribution in [-0.4, -0.2) is 39.7 Å². The average Bonchev–Trinajstić information content (AvgIpc) is 3.13. The topological polar surface area (TPSA) is 110 Å².